The lowest BCUT2D eigenvalue weighted by atomic mass is 9.83. The van der Waals surface area contributed by atoms with Crippen molar-refractivity contribution in [2.75, 3.05) is 13.2 Å². The summed E-state index contributed by atoms with van der Waals surface area (Å²) in [4.78, 5) is 27.8. The van der Waals surface area contributed by atoms with E-state index in [9.17, 15) is 9.59 Å². The average molecular weight is 424 g/mol. The van der Waals surface area contributed by atoms with Gasteiger partial charge >= 0.3 is 5.97 Å². The molecule has 2 aromatic rings. The maximum atomic E-state index is 13.7. The average Bonchev–Trinajstić information content (AvgIpc) is 3.49. The van der Waals surface area contributed by atoms with E-state index < -0.39 is 0 Å². The molecule has 2 aliphatic carbocycles. The Morgan fingerprint density at radius 2 is 1.97 bits per heavy atom. The lowest BCUT2D eigenvalue weighted by Crippen LogP contribution is -2.39. The van der Waals surface area contributed by atoms with E-state index in [1.165, 1.54) is 11.1 Å². The molecule has 31 heavy (non-hydrogen) atoms. The quantitative estimate of drug-likeness (QED) is 0.641. The molecule has 6 nitrogen and oxygen atoms in total. The summed E-state index contributed by atoms with van der Waals surface area (Å²) in [6.07, 6.45) is 3.42. The maximum absolute atomic E-state index is 13.7. The summed E-state index contributed by atoms with van der Waals surface area (Å²) in [5.74, 6) is 0.188. The molecule has 1 aromatic carbocycles. The first-order valence-corrected chi connectivity index (χ1v) is 11.4. The summed E-state index contributed by atoms with van der Waals surface area (Å²) in [5, 5.41) is 4.53. The molecule has 0 N–H and O–H groups in total. The molecule has 0 unspecified atom stereocenters. The highest BCUT2D eigenvalue weighted by Gasteiger charge is 2.46. The Morgan fingerprint density at radius 1 is 1.23 bits per heavy atom. The van der Waals surface area contributed by atoms with Gasteiger partial charge in [-0.25, -0.2) is 0 Å². The van der Waals surface area contributed by atoms with E-state index in [1.54, 1.807) is 0 Å². The number of benzene rings is 1. The Hall–Kier alpha value is -2.63. The molecule has 0 saturated heterocycles. The molecular formula is C25H33N3O3. The summed E-state index contributed by atoms with van der Waals surface area (Å²) in [7, 11) is 1.94. The van der Waals surface area contributed by atoms with Crippen LogP contribution in [0.5, 0.6) is 0 Å². The lowest BCUT2D eigenvalue weighted by Gasteiger charge is -2.31. The van der Waals surface area contributed by atoms with Crippen LogP contribution >= 0.6 is 0 Å². The van der Waals surface area contributed by atoms with Crippen LogP contribution in [0.2, 0.25) is 0 Å². The molecule has 1 fully saturated rings. The molecule has 0 bridgehead atoms. The molecule has 1 aromatic heterocycles. The molecule has 1 saturated carbocycles. The number of ether oxygens (including phenoxy) is 1. The van der Waals surface area contributed by atoms with E-state index in [-0.39, 0.29) is 29.6 Å². The highest BCUT2D eigenvalue weighted by Crippen LogP contribution is 2.41. The fourth-order valence-electron chi connectivity index (χ4n) is 4.91. The molecular weight excluding hydrogens is 390 g/mol. The van der Waals surface area contributed by atoms with Gasteiger partial charge in [-0.05, 0) is 63.5 Å². The van der Waals surface area contributed by atoms with Crippen LogP contribution in [-0.4, -0.2) is 39.7 Å². The van der Waals surface area contributed by atoms with Crippen molar-refractivity contribution in [1.29, 1.82) is 0 Å². The van der Waals surface area contributed by atoms with Crippen LogP contribution in [0.4, 0.5) is 0 Å². The van der Waals surface area contributed by atoms with Crippen LogP contribution in [0, 0.1) is 31.6 Å². The lowest BCUT2D eigenvalue weighted by molar-refractivity contribution is -0.145. The van der Waals surface area contributed by atoms with Crippen LogP contribution in [0.25, 0.3) is 0 Å². The summed E-state index contributed by atoms with van der Waals surface area (Å²) in [5.41, 5.74) is 5.81. The fraction of sp³-hybridized carbons (Fsp3) is 0.560. The van der Waals surface area contributed by atoms with E-state index in [1.807, 2.05) is 37.4 Å². The number of nitrogens with zero attached hydrogens (tertiary/aromatic N) is 3. The SMILES string of the molecule is CCOC(=O)[C@@H]1C[C@@H]1CN(Cc1c(C)nn(C)c1C)C(=O)[C@@H]1CCc2ccccc2C1. The van der Waals surface area contributed by atoms with Crippen LogP contribution in [0.15, 0.2) is 24.3 Å². The van der Waals surface area contributed by atoms with Crippen molar-refractivity contribution in [3.63, 3.8) is 0 Å². The van der Waals surface area contributed by atoms with E-state index in [4.69, 9.17) is 4.74 Å². The largest absolute Gasteiger partial charge is 0.466 e. The van der Waals surface area contributed by atoms with Gasteiger partial charge in [-0.1, -0.05) is 24.3 Å². The number of esters is 1. The first-order chi connectivity index (χ1) is 14.9. The highest BCUT2D eigenvalue weighted by molar-refractivity contribution is 5.80. The van der Waals surface area contributed by atoms with Crippen molar-refractivity contribution in [1.82, 2.24) is 14.7 Å². The fourth-order valence-corrected chi connectivity index (χ4v) is 4.91. The molecule has 0 aliphatic heterocycles. The van der Waals surface area contributed by atoms with Crippen molar-refractivity contribution in [3.05, 3.63) is 52.3 Å². The van der Waals surface area contributed by atoms with Crippen LogP contribution in [0.3, 0.4) is 0 Å². The third-order valence-corrected chi connectivity index (χ3v) is 6.98. The topological polar surface area (TPSA) is 64.4 Å². The third-order valence-electron chi connectivity index (χ3n) is 6.98. The third kappa shape index (κ3) is 4.53. The minimum absolute atomic E-state index is 0.00743. The van der Waals surface area contributed by atoms with Gasteiger partial charge in [0.05, 0.1) is 18.2 Å². The first kappa shape index (κ1) is 21.6. The van der Waals surface area contributed by atoms with Crippen molar-refractivity contribution >= 4 is 11.9 Å². The number of fused-ring (bicyclic) bond motifs is 1. The van der Waals surface area contributed by atoms with E-state index in [0.29, 0.717) is 19.7 Å². The van der Waals surface area contributed by atoms with Gasteiger partial charge in [0.1, 0.15) is 0 Å². The van der Waals surface area contributed by atoms with E-state index >= 15 is 0 Å². The number of aromatic nitrogens is 2. The summed E-state index contributed by atoms with van der Waals surface area (Å²) >= 11 is 0. The number of carbonyl (C=O) groups is 2. The second kappa shape index (κ2) is 8.85. The number of carbonyl (C=O) groups excluding carboxylic acids is 2. The second-order valence-electron chi connectivity index (χ2n) is 9.05. The number of amides is 1. The summed E-state index contributed by atoms with van der Waals surface area (Å²) in [6.45, 7) is 7.44. The van der Waals surface area contributed by atoms with Gasteiger partial charge in [0, 0.05) is 37.3 Å². The van der Waals surface area contributed by atoms with E-state index in [0.717, 1.165) is 42.6 Å². The van der Waals surface area contributed by atoms with Gasteiger partial charge in [-0.15, -0.1) is 0 Å². The van der Waals surface area contributed by atoms with Crippen molar-refractivity contribution in [2.24, 2.45) is 24.8 Å². The smallest absolute Gasteiger partial charge is 0.309 e. The van der Waals surface area contributed by atoms with Gasteiger partial charge in [-0.2, -0.15) is 5.10 Å². The second-order valence-corrected chi connectivity index (χ2v) is 9.05. The highest BCUT2D eigenvalue weighted by atomic mass is 16.5. The van der Waals surface area contributed by atoms with Crippen LogP contribution in [-0.2, 0) is 40.8 Å². The molecule has 2 aliphatic rings. The van der Waals surface area contributed by atoms with Gasteiger partial charge in [-0.3, -0.25) is 14.3 Å². The molecule has 0 spiro atoms. The Bertz CT molecular complexity index is 980. The molecule has 4 rings (SSSR count). The number of hydrogen-bond acceptors (Lipinski definition) is 4. The van der Waals surface area contributed by atoms with E-state index in [2.05, 4.69) is 29.4 Å². The normalized spacial score (nSPS) is 22.0. The number of hydrogen-bond donors (Lipinski definition) is 0. The van der Waals surface area contributed by atoms with Crippen molar-refractivity contribution < 1.29 is 14.3 Å². The standard InChI is InChI=1S/C25H33N3O3/c1-5-31-25(30)22-13-21(22)14-28(15-23-16(2)26-27(4)17(23)3)24(29)20-11-10-18-8-6-7-9-19(18)12-20/h6-9,20-22H,5,10-15H2,1-4H3/t20-,21-,22-/m1/s1. The maximum Gasteiger partial charge on any atom is 0.309 e. The number of aryl methyl sites for hydroxylation is 3. The van der Waals surface area contributed by atoms with Crippen molar-refractivity contribution in [2.45, 2.75) is 53.0 Å². The van der Waals surface area contributed by atoms with Gasteiger partial charge < -0.3 is 9.64 Å². The summed E-state index contributed by atoms with van der Waals surface area (Å²) < 4.78 is 7.08. The Balaban J connectivity index is 1.52. The minimum atomic E-state index is -0.125. The Kier molecular flexibility index (Phi) is 6.17. The minimum Gasteiger partial charge on any atom is -0.466 e. The monoisotopic (exact) mass is 423 g/mol. The number of rotatable bonds is 7. The molecule has 1 heterocycles. The van der Waals surface area contributed by atoms with Gasteiger partial charge in [0.2, 0.25) is 5.91 Å². The first-order valence-electron chi connectivity index (χ1n) is 11.4. The zero-order valence-corrected chi connectivity index (χ0v) is 19.1. The predicted octanol–water partition coefficient (Wildman–Crippen LogP) is 3.37. The molecule has 1 amide bonds. The van der Waals surface area contributed by atoms with Crippen molar-refractivity contribution in [3.8, 4) is 0 Å². The zero-order valence-electron chi connectivity index (χ0n) is 19.1. The summed E-state index contributed by atoms with van der Waals surface area (Å²) in [6, 6.07) is 8.44. The Labute approximate surface area is 184 Å². The molecule has 3 atom stereocenters. The Morgan fingerprint density at radius 3 is 2.65 bits per heavy atom. The zero-order chi connectivity index (χ0) is 22.1. The molecule has 166 valence electrons. The van der Waals surface area contributed by atoms with Gasteiger partial charge in [0.25, 0.3) is 0 Å². The molecule has 0 radical (unpaired) electrons. The van der Waals surface area contributed by atoms with Crippen LogP contribution < -0.4 is 0 Å². The van der Waals surface area contributed by atoms with Gasteiger partial charge in [0.15, 0.2) is 0 Å². The molecule has 6 heteroatoms. The van der Waals surface area contributed by atoms with Crippen LogP contribution in [0.1, 0.15) is 47.8 Å². The predicted molar refractivity (Wildman–Crippen MR) is 118 cm³/mol.